The van der Waals surface area contributed by atoms with Crippen molar-refractivity contribution in [1.82, 2.24) is 0 Å². The van der Waals surface area contributed by atoms with Crippen LogP contribution in [0.25, 0.3) is 0 Å². The molecule has 1 aromatic carbocycles. The molecule has 0 amide bonds. The molecular formula is C11H14FNO2. The number of fused-ring (bicyclic) bond motifs is 1. The van der Waals surface area contributed by atoms with Crippen molar-refractivity contribution >= 4 is 0 Å². The summed E-state index contributed by atoms with van der Waals surface area (Å²) < 4.78 is 18.5. The largest absolute Gasteiger partial charge is 0.490 e. The van der Waals surface area contributed by atoms with E-state index in [-0.39, 0.29) is 24.6 Å². The van der Waals surface area contributed by atoms with E-state index >= 15 is 0 Å². The van der Waals surface area contributed by atoms with Gasteiger partial charge in [-0.25, -0.2) is 4.39 Å². The van der Waals surface area contributed by atoms with Gasteiger partial charge in [0.2, 0.25) is 0 Å². The van der Waals surface area contributed by atoms with Crippen LogP contribution in [0.4, 0.5) is 4.39 Å². The first-order chi connectivity index (χ1) is 7.19. The van der Waals surface area contributed by atoms with Crippen molar-refractivity contribution in [3.63, 3.8) is 0 Å². The van der Waals surface area contributed by atoms with E-state index in [2.05, 4.69) is 0 Å². The van der Waals surface area contributed by atoms with E-state index in [1.54, 1.807) is 6.07 Å². The van der Waals surface area contributed by atoms with E-state index in [1.807, 2.05) is 0 Å². The highest BCUT2D eigenvalue weighted by atomic mass is 19.1. The zero-order chi connectivity index (χ0) is 10.8. The van der Waals surface area contributed by atoms with Crippen LogP contribution in [0.15, 0.2) is 18.2 Å². The molecule has 2 atom stereocenters. The minimum absolute atomic E-state index is 0.0380. The summed E-state index contributed by atoms with van der Waals surface area (Å²) in [5.41, 5.74) is 6.49. The smallest absolute Gasteiger partial charge is 0.123 e. The summed E-state index contributed by atoms with van der Waals surface area (Å²) in [6.45, 7) is -0.0510. The molecule has 0 saturated carbocycles. The van der Waals surface area contributed by atoms with E-state index in [0.717, 1.165) is 11.3 Å². The van der Waals surface area contributed by atoms with Crippen LogP contribution in [0.5, 0.6) is 5.75 Å². The summed E-state index contributed by atoms with van der Waals surface area (Å²) in [5, 5.41) is 8.82. The average Bonchev–Trinajstić information content (AvgIpc) is 2.59. The Morgan fingerprint density at radius 3 is 3.13 bits per heavy atom. The van der Waals surface area contributed by atoms with Crippen molar-refractivity contribution in [3.05, 3.63) is 29.6 Å². The van der Waals surface area contributed by atoms with Crippen molar-refractivity contribution in [2.75, 3.05) is 6.61 Å². The number of halogens is 1. The summed E-state index contributed by atoms with van der Waals surface area (Å²) in [6.07, 6.45) is 1.22. The molecule has 4 heteroatoms. The fourth-order valence-electron chi connectivity index (χ4n) is 1.83. The van der Waals surface area contributed by atoms with Gasteiger partial charge in [0.25, 0.3) is 0 Å². The van der Waals surface area contributed by atoms with Crippen LogP contribution in [-0.4, -0.2) is 23.9 Å². The predicted octanol–water partition coefficient (Wildman–Crippen LogP) is 0.839. The van der Waals surface area contributed by atoms with Crippen LogP contribution in [0.2, 0.25) is 0 Å². The first kappa shape index (κ1) is 10.4. The van der Waals surface area contributed by atoms with Gasteiger partial charge in [-0.2, -0.15) is 0 Å². The van der Waals surface area contributed by atoms with Crippen LogP contribution in [0.1, 0.15) is 12.0 Å². The van der Waals surface area contributed by atoms with E-state index in [1.165, 1.54) is 12.1 Å². The topological polar surface area (TPSA) is 55.5 Å². The molecule has 0 spiro atoms. The summed E-state index contributed by atoms with van der Waals surface area (Å²) in [6, 6.07) is 4.23. The monoisotopic (exact) mass is 211 g/mol. The number of rotatable bonds is 3. The summed E-state index contributed by atoms with van der Waals surface area (Å²) in [7, 11) is 0. The lowest BCUT2D eigenvalue weighted by Crippen LogP contribution is -2.31. The molecule has 3 nitrogen and oxygen atoms in total. The second-order valence-corrected chi connectivity index (χ2v) is 3.87. The van der Waals surface area contributed by atoms with Gasteiger partial charge in [0.05, 0.1) is 6.61 Å². The van der Waals surface area contributed by atoms with Crippen LogP contribution >= 0.6 is 0 Å². The molecule has 2 rings (SSSR count). The molecule has 0 bridgehead atoms. The number of aliphatic hydroxyl groups is 1. The van der Waals surface area contributed by atoms with Crippen molar-refractivity contribution in [2.45, 2.75) is 25.0 Å². The van der Waals surface area contributed by atoms with Gasteiger partial charge < -0.3 is 15.6 Å². The summed E-state index contributed by atoms with van der Waals surface area (Å²) >= 11 is 0. The Labute approximate surface area is 87.7 Å². The van der Waals surface area contributed by atoms with Gasteiger partial charge in [0.1, 0.15) is 17.7 Å². The fraction of sp³-hybridized carbons (Fsp3) is 0.455. The van der Waals surface area contributed by atoms with Crippen LogP contribution in [-0.2, 0) is 6.42 Å². The van der Waals surface area contributed by atoms with Gasteiger partial charge in [0.15, 0.2) is 0 Å². The van der Waals surface area contributed by atoms with Crippen molar-refractivity contribution in [1.29, 1.82) is 0 Å². The lowest BCUT2D eigenvalue weighted by Gasteiger charge is -2.14. The SMILES string of the molecule is NC(CO)CC1Cc2cc(F)ccc2O1. The zero-order valence-electron chi connectivity index (χ0n) is 8.32. The minimum Gasteiger partial charge on any atom is -0.490 e. The molecule has 0 fully saturated rings. The Bertz CT molecular complexity index is 356. The third-order valence-electron chi connectivity index (χ3n) is 2.56. The Morgan fingerprint density at radius 1 is 1.60 bits per heavy atom. The number of ether oxygens (including phenoxy) is 1. The molecule has 1 aromatic rings. The van der Waals surface area contributed by atoms with Gasteiger partial charge in [-0.1, -0.05) is 0 Å². The van der Waals surface area contributed by atoms with Crippen LogP contribution in [0.3, 0.4) is 0 Å². The Morgan fingerprint density at radius 2 is 2.40 bits per heavy atom. The number of nitrogens with two attached hydrogens (primary N) is 1. The summed E-state index contributed by atoms with van der Waals surface area (Å²) in [5.74, 6) is 0.482. The van der Waals surface area contributed by atoms with Crippen LogP contribution < -0.4 is 10.5 Å². The Hall–Kier alpha value is -1.13. The maximum absolute atomic E-state index is 12.9. The highest BCUT2D eigenvalue weighted by molar-refractivity contribution is 5.37. The maximum Gasteiger partial charge on any atom is 0.123 e. The van der Waals surface area contributed by atoms with Crippen molar-refractivity contribution < 1.29 is 14.2 Å². The minimum atomic E-state index is -0.269. The number of hydrogen-bond acceptors (Lipinski definition) is 3. The molecule has 0 radical (unpaired) electrons. The van der Waals surface area contributed by atoms with E-state index < -0.39 is 0 Å². The molecule has 1 aliphatic heterocycles. The summed E-state index contributed by atoms with van der Waals surface area (Å²) in [4.78, 5) is 0. The van der Waals surface area contributed by atoms with Crippen molar-refractivity contribution in [3.8, 4) is 5.75 Å². The Kier molecular flexibility index (Phi) is 2.88. The number of aliphatic hydroxyl groups excluding tert-OH is 1. The Balaban J connectivity index is 2.03. The molecular weight excluding hydrogens is 197 g/mol. The molecule has 1 heterocycles. The molecule has 0 saturated heterocycles. The molecule has 15 heavy (non-hydrogen) atoms. The van der Waals surface area contributed by atoms with Crippen molar-refractivity contribution in [2.24, 2.45) is 5.73 Å². The first-order valence-corrected chi connectivity index (χ1v) is 5.00. The molecule has 3 N–H and O–H groups in total. The second kappa shape index (κ2) is 4.16. The standard InChI is InChI=1S/C11H14FNO2/c12-8-1-2-11-7(3-8)4-10(15-11)5-9(13)6-14/h1-3,9-10,14H,4-6,13H2. The zero-order valence-corrected chi connectivity index (χ0v) is 8.32. The van der Waals surface area contributed by atoms with E-state index in [0.29, 0.717) is 12.8 Å². The highest BCUT2D eigenvalue weighted by Crippen LogP contribution is 2.30. The second-order valence-electron chi connectivity index (χ2n) is 3.87. The molecule has 1 aliphatic rings. The highest BCUT2D eigenvalue weighted by Gasteiger charge is 2.24. The maximum atomic E-state index is 12.9. The molecule has 0 aromatic heterocycles. The molecule has 2 unspecified atom stereocenters. The van der Waals surface area contributed by atoms with Gasteiger partial charge >= 0.3 is 0 Å². The van der Waals surface area contributed by atoms with E-state index in [9.17, 15) is 4.39 Å². The lowest BCUT2D eigenvalue weighted by atomic mass is 10.0. The molecule has 82 valence electrons. The third kappa shape index (κ3) is 2.27. The number of benzene rings is 1. The van der Waals surface area contributed by atoms with Crippen LogP contribution in [0, 0.1) is 5.82 Å². The normalized spacial score (nSPS) is 20.9. The average molecular weight is 211 g/mol. The van der Waals surface area contributed by atoms with E-state index in [4.69, 9.17) is 15.6 Å². The third-order valence-corrected chi connectivity index (χ3v) is 2.56. The molecule has 0 aliphatic carbocycles. The van der Waals surface area contributed by atoms with Gasteiger partial charge in [-0.3, -0.25) is 0 Å². The quantitative estimate of drug-likeness (QED) is 0.779. The number of hydrogen-bond donors (Lipinski definition) is 2. The predicted molar refractivity (Wildman–Crippen MR) is 54.2 cm³/mol. The lowest BCUT2D eigenvalue weighted by molar-refractivity contribution is 0.180. The van der Waals surface area contributed by atoms with Gasteiger partial charge in [-0.05, 0) is 18.2 Å². The fourth-order valence-corrected chi connectivity index (χ4v) is 1.83. The van der Waals surface area contributed by atoms with Gasteiger partial charge in [-0.15, -0.1) is 0 Å². The first-order valence-electron chi connectivity index (χ1n) is 5.00. The van der Waals surface area contributed by atoms with Gasteiger partial charge in [0, 0.05) is 24.4 Å².